The highest BCUT2D eigenvalue weighted by Gasteiger charge is 2.26. The third-order valence-corrected chi connectivity index (χ3v) is 4.57. The Bertz CT molecular complexity index is 402. The van der Waals surface area contributed by atoms with Crippen LogP contribution in [-0.2, 0) is 0 Å². The molecule has 1 aromatic carbocycles. The smallest absolute Gasteiger partial charge is 0.123 e. The molecule has 1 atom stereocenters. The highest BCUT2D eigenvalue weighted by Crippen LogP contribution is 2.38. The largest absolute Gasteiger partial charge is 0.496 e. The normalized spacial score (nSPS) is 18.3. The van der Waals surface area contributed by atoms with Crippen LogP contribution in [-0.4, -0.2) is 13.7 Å². The van der Waals surface area contributed by atoms with Gasteiger partial charge in [-0.25, -0.2) is 0 Å². The summed E-state index contributed by atoms with van der Waals surface area (Å²) in [6.07, 6.45) is 6.78. The number of nitrogens with one attached hydrogen (secondary N) is 1. The van der Waals surface area contributed by atoms with Gasteiger partial charge in [0.25, 0.3) is 0 Å². The van der Waals surface area contributed by atoms with E-state index in [2.05, 4.69) is 40.3 Å². The first-order chi connectivity index (χ1) is 9.26. The Morgan fingerprint density at radius 3 is 2.68 bits per heavy atom. The van der Waals surface area contributed by atoms with E-state index in [0.29, 0.717) is 6.04 Å². The Morgan fingerprint density at radius 2 is 2.05 bits per heavy atom. The zero-order chi connectivity index (χ0) is 13.7. The second-order valence-electron chi connectivity index (χ2n) is 5.32. The third-order valence-electron chi connectivity index (χ3n) is 4.07. The molecule has 1 aliphatic carbocycles. The zero-order valence-corrected chi connectivity index (χ0v) is 13.5. The molecule has 1 aliphatic rings. The first-order valence-electron chi connectivity index (χ1n) is 7.33. The van der Waals surface area contributed by atoms with Crippen molar-refractivity contribution in [2.24, 2.45) is 5.92 Å². The molecule has 0 aliphatic heterocycles. The van der Waals surface area contributed by atoms with Crippen molar-refractivity contribution in [2.75, 3.05) is 13.7 Å². The van der Waals surface area contributed by atoms with Crippen molar-refractivity contribution in [3.63, 3.8) is 0 Å². The van der Waals surface area contributed by atoms with Gasteiger partial charge in [0.1, 0.15) is 5.75 Å². The summed E-state index contributed by atoms with van der Waals surface area (Å²) in [5.74, 6) is 1.73. The van der Waals surface area contributed by atoms with Crippen LogP contribution in [0.3, 0.4) is 0 Å². The second-order valence-corrected chi connectivity index (χ2v) is 6.24. The van der Waals surface area contributed by atoms with Crippen molar-refractivity contribution in [3.05, 3.63) is 28.2 Å². The molecule has 2 rings (SSSR count). The fourth-order valence-electron chi connectivity index (χ4n) is 3.17. The van der Waals surface area contributed by atoms with Gasteiger partial charge in [0.2, 0.25) is 0 Å². The van der Waals surface area contributed by atoms with Crippen molar-refractivity contribution in [3.8, 4) is 5.75 Å². The van der Waals surface area contributed by atoms with Crippen LogP contribution in [0.5, 0.6) is 5.75 Å². The molecule has 106 valence electrons. The van der Waals surface area contributed by atoms with Gasteiger partial charge >= 0.3 is 0 Å². The van der Waals surface area contributed by atoms with Crippen molar-refractivity contribution in [1.82, 2.24) is 5.32 Å². The molecule has 1 fully saturated rings. The standard InChI is InChI=1S/C16H24BrNO/c1-3-18-16(12-7-5-4-6-8-12)14-11-13(17)9-10-15(14)19-2/h9-12,16,18H,3-8H2,1-2H3. The molecule has 0 aromatic heterocycles. The minimum atomic E-state index is 0.415. The average molecular weight is 326 g/mol. The van der Waals surface area contributed by atoms with Gasteiger partial charge in [-0.15, -0.1) is 0 Å². The van der Waals surface area contributed by atoms with E-state index in [4.69, 9.17) is 4.74 Å². The van der Waals surface area contributed by atoms with Crippen LogP contribution in [0.1, 0.15) is 50.6 Å². The predicted molar refractivity (Wildman–Crippen MR) is 83.7 cm³/mol. The summed E-state index contributed by atoms with van der Waals surface area (Å²) in [6, 6.07) is 6.73. The Hall–Kier alpha value is -0.540. The maximum Gasteiger partial charge on any atom is 0.123 e. The molecular weight excluding hydrogens is 302 g/mol. The maximum atomic E-state index is 5.56. The number of methoxy groups -OCH3 is 1. The average Bonchev–Trinajstić information content (AvgIpc) is 2.45. The maximum absolute atomic E-state index is 5.56. The molecule has 3 heteroatoms. The number of hydrogen-bond donors (Lipinski definition) is 1. The minimum absolute atomic E-state index is 0.415. The molecule has 1 N–H and O–H groups in total. The van der Waals surface area contributed by atoms with Crippen molar-refractivity contribution in [1.29, 1.82) is 0 Å². The van der Waals surface area contributed by atoms with Gasteiger partial charge in [-0.1, -0.05) is 42.1 Å². The monoisotopic (exact) mass is 325 g/mol. The van der Waals surface area contributed by atoms with Crippen LogP contribution in [0.2, 0.25) is 0 Å². The van der Waals surface area contributed by atoms with Crippen LogP contribution in [0.15, 0.2) is 22.7 Å². The molecule has 0 spiro atoms. The molecule has 1 aromatic rings. The Kier molecular flexibility index (Phi) is 5.71. The molecule has 1 saturated carbocycles. The number of rotatable bonds is 5. The van der Waals surface area contributed by atoms with E-state index in [1.807, 2.05) is 6.07 Å². The van der Waals surface area contributed by atoms with Gasteiger partial charge in [0.15, 0.2) is 0 Å². The van der Waals surface area contributed by atoms with Gasteiger partial charge in [-0.2, -0.15) is 0 Å². The predicted octanol–water partition coefficient (Wildman–Crippen LogP) is 4.69. The minimum Gasteiger partial charge on any atom is -0.496 e. The molecule has 0 bridgehead atoms. The molecule has 2 nitrogen and oxygen atoms in total. The van der Waals surface area contributed by atoms with Crippen molar-refractivity contribution in [2.45, 2.75) is 45.1 Å². The lowest BCUT2D eigenvalue weighted by molar-refractivity contribution is 0.268. The van der Waals surface area contributed by atoms with Crippen LogP contribution in [0.4, 0.5) is 0 Å². The van der Waals surface area contributed by atoms with E-state index in [-0.39, 0.29) is 0 Å². The summed E-state index contributed by atoms with van der Waals surface area (Å²) in [7, 11) is 1.76. The quantitative estimate of drug-likeness (QED) is 0.848. The highest BCUT2D eigenvalue weighted by molar-refractivity contribution is 9.10. The summed E-state index contributed by atoms with van der Waals surface area (Å²) in [5.41, 5.74) is 1.30. The van der Waals surface area contributed by atoms with E-state index >= 15 is 0 Å². The van der Waals surface area contributed by atoms with Gasteiger partial charge in [0.05, 0.1) is 7.11 Å². The SMILES string of the molecule is CCNC(c1cc(Br)ccc1OC)C1CCCCC1. The highest BCUT2D eigenvalue weighted by atomic mass is 79.9. The van der Waals surface area contributed by atoms with E-state index in [1.54, 1.807) is 7.11 Å². The number of benzene rings is 1. The van der Waals surface area contributed by atoms with Crippen molar-refractivity contribution < 1.29 is 4.74 Å². The Labute approximate surface area is 125 Å². The second kappa shape index (κ2) is 7.30. The van der Waals surface area contributed by atoms with Crippen LogP contribution >= 0.6 is 15.9 Å². The number of ether oxygens (including phenoxy) is 1. The zero-order valence-electron chi connectivity index (χ0n) is 11.9. The van der Waals surface area contributed by atoms with Gasteiger partial charge in [0, 0.05) is 16.1 Å². The van der Waals surface area contributed by atoms with Crippen LogP contribution < -0.4 is 10.1 Å². The van der Waals surface area contributed by atoms with E-state index in [0.717, 1.165) is 22.7 Å². The number of halogens is 1. The van der Waals surface area contributed by atoms with Gasteiger partial charge in [-0.05, 0) is 43.5 Å². The summed E-state index contributed by atoms with van der Waals surface area (Å²) in [5, 5.41) is 3.67. The molecule has 0 amide bonds. The molecular formula is C16H24BrNO. The van der Waals surface area contributed by atoms with Crippen LogP contribution in [0.25, 0.3) is 0 Å². The lowest BCUT2D eigenvalue weighted by atomic mass is 9.81. The van der Waals surface area contributed by atoms with Crippen LogP contribution in [0, 0.1) is 5.92 Å². The lowest BCUT2D eigenvalue weighted by Gasteiger charge is -2.32. The number of hydrogen-bond acceptors (Lipinski definition) is 2. The lowest BCUT2D eigenvalue weighted by Crippen LogP contribution is -2.30. The topological polar surface area (TPSA) is 21.3 Å². The molecule has 0 saturated heterocycles. The summed E-state index contributed by atoms with van der Waals surface area (Å²) in [4.78, 5) is 0. The molecule has 19 heavy (non-hydrogen) atoms. The Balaban J connectivity index is 2.28. The van der Waals surface area contributed by atoms with E-state index in [9.17, 15) is 0 Å². The van der Waals surface area contributed by atoms with E-state index in [1.165, 1.54) is 37.7 Å². The summed E-state index contributed by atoms with van der Waals surface area (Å²) >= 11 is 3.59. The van der Waals surface area contributed by atoms with Gasteiger partial charge in [-0.3, -0.25) is 0 Å². The third kappa shape index (κ3) is 3.73. The molecule has 0 radical (unpaired) electrons. The fourth-order valence-corrected chi connectivity index (χ4v) is 3.55. The summed E-state index contributed by atoms with van der Waals surface area (Å²) < 4.78 is 6.68. The first-order valence-corrected chi connectivity index (χ1v) is 8.12. The first kappa shape index (κ1) is 14.9. The van der Waals surface area contributed by atoms with Gasteiger partial charge < -0.3 is 10.1 Å². The Morgan fingerprint density at radius 1 is 1.32 bits per heavy atom. The fraction of sp³-hybridized carbons (Fsp3) is 0.625. The van der Waals surface area contributed by atoms with E-state index < -0.39 is 0 Å². The van der Waals surface area contributed by atoms with Crippen molar-refractivity contribution >= 4 is 15.9 Å². The summed E-state index contributed by atoms with van der Waals surface area (Å²) in [6.45, 7) is 3.18. The molecule has 0 heterocycles. The molecule has 1 unspecified atom stereocenters.